The largest absolute Gasteiger partial charge is 0.493 e. The number of halogens is 1. The highest BCUT2D eigenvalue weighted by atomic mass is 35.5. The number of morpholine rings is 1. The fraction of sp³-hybridized carbons (Fsp3) is 0.350. The first-order chi connectivity index (χ1) is 12.7. The van der Waals surface area contributed by atoms with Gasteiger partial charge in [-0.25, -0.2) is 0 Å². The topological polar surface area (TPSA) is 54.7 Å². The van der Waals surface area contributed by atoms with Gasteiger partial charge >= 0.3 is 0 Å². The van der Waals surface area contributed by atoms with Crippen molar-refractivity contribution in [3.8, 4) is 17.6 Å². The molecule has 2 aromatic carbocycles. The Balaban J connectivity index is 1.57. The van der Waals surface area contributed by atoms with Crippen LogP contribution in [0.2, 0.25) is 5.02 Å². The van der Waals surface area contributed by atoms with Gasteiger partial charge in [0.1, 0.15) is 12.7 Å². The number of ether oxygens (including phenoxy) is 3. The van der Waals surface area contributed by atoms with Gasteiger partial charge in [0, 0.05) is 30.7 Å². The van der Waals surface area contributed by atoms with Gasteiger partial charge in [-0.15, -0.1) is 0 Å². The molecule has 0 unspecified atom stereocenters. The molecule has 1 saturated heterocycles. The fourth-order valence-electron chi connectivity index (χ4n) is 2.93. The average Bonchev–Trinajstić information content (AvgIpc) is 2.68. The van der Waals surface area contributed by atoms with E-state index in [1.165, 1.54) is 0 Å². The second-order valence-corrected chi connectivity index (χ2v) is 6.51. The van der Waals surface area contributed by atoms with Crippen LogP contribution >= 0.6 is 11.6 Å². The van der Waals surface area contributed by atoms with Crippen molar-refractivity contribution in [3.05, 3.63) is 58.6 Å². The first-order valence-electron chi connectivity index (χ1n) is 8.48. The highest BCUT2D eigenvalue weighted by Gasteiger charge is 2.22. The first kappa shape index (κ1) is 18.5. The number of benzene rings is 2. The Morgan fingerprint density at radius 1 is 1.27 bits per heavy atom. The molecule has 6 heteroatoms. The van der Waals surface area contributed by atoms with Crippen LogP contribution < -0.4 is 9.47 Å². The summed E-state index contributed by atoms with van der Waals surface area (Å²) in [5.74, 6) is 1.16. The van der Waals surface area contributed by atoms with Crippen molar-refractivity contribution in [2.45, 2.75) is 12.6 Å². The van der Waals surface area contributed by atoms with E-state index < -0.39 is 0 Å². The van der Waals surface area contributed by atoms with Gasteiger partial charge in [0.2, 0.25) is 0 Å². The first-order valence-corrected chi connectivity index (χ1v) is 8.85. The molecule has 0 amide bonds. The van der Waals surface area contributed by atoms with Crippen LogP contribution in [0.1, 0.15) is 11.1 Å². The summed E-state index contributed by atoms with van der Waals surface area (Å²) in [6.07, 6.45) is -0.0356. The van der Waals surface area contributed by atoms with Crippen molar-refractivity contribution in [3.63, 3.8) is 0 Å². The maximum absolute atomic E-state index is 8.97. The number of methoxy groups -OCH3 is 1. The van der Waals surface area contributed by atoms with Gasteiger partial charge in [-0.05, 0) is 23.8 Å². The quantitative estimate of drug-likeness (QED) is 0.776. The third kappa shape index (κ3) is 4.67. The van der Waals surface area contributed by atoms with E-state index in [9.17, 15) is 0 Å². The molecule has 0 radical (unpaired) electrons. The van der Waals surface area contributed by atoms with E-state index in [1.54, 1.807) is 25.3 Å². The summed E-state index contributed by atoms with van der Waals surface area (Å²) in [7, 11) is 1.56. The molecule has 1 aliphatic heterocycles. The molecule has 0 aliphatic carbocycles. The summed E-state index contributed by atoms with van der Waals surface area (Å²) in [4.78, 5) is 2.31. The molecular formula is C20H21ClN2O3. The average molecular weight is 373 g/mol. The molecule has 0 N–H and O–H groups in total. The lowest BCUT2D eigenvalue weighted by molar-refractivity contribution is -0.0506. The Labute approximate surface area is 158 Å². The number of hydrogen-bond acceptors (Lipinski definition) is 5. The van der Waals surface area contributed by atoms with Gasteiger partial charge in [0.25, 0.3) is 0 Å². The number of nitrogens with zero attached hydrogens (tertiary/aromatic N) is 2. The maximum atomic E-state index is 8.97. The normalized spacial score (nSPS) is 17.5. The molecule has 1 aliphatic rings. The van der Waals surface area contributed by atoms with Gasteiger partial charge in [-0.1, -0.05) is 29.8 Å². The molecule has 0 bridgehead atoms. The van der Waals surface area contributed by atoms with Crippen LogP contribution in [0.4, 0.5) is 0 Å². The molecule has 136 valence electrons. The van der Waals surface area contributed by atoms with Crippen LogP contribution in [0.5, 0.6) is 11.5 Å². The molecular weight excluding hydrogens is 352 g/mol. The lowest BCUT2D eigenvalue weighted by atomic mass is 10.2. The highest BCUT2D eigenvalue weighted by molar-refractivity contribution is 6.31. The van der Waals surface area contributed by atoms with E-state index in [1.807, 2.05) is 24.3 Å². The van der Waals surface area contributed by atoms with Crippen molar-refractivity contribution < 1.29 is 14.2 Å². The van der Waals surface area contributed by atoms with Gasteiger partial charge in [0.15, 0.2) is 11.5 Å². The smallest absolute Gasteiger partial charge is 0.162 e. The Morgan fingerprint density at radius 2 is 2.12 bits per heavy atom. The van der Waals surface area contributed by atoms with E-state index in [4.69, 9.17) is 31.1 Å². The van der Waals surface area contributed by atoms with E-state index in [0.717, 1.165) is 30.2 Å². The van der Waals surface area contributed by atoms with Crippen molar-refractivity contribution in [2.24, 2.45) is 0 Å². The SMILES string of the molecule is COc1cc(C#N)ccc1OC[C@@H]1CN(Cc2ccccc2Cl)CCO1. The molecule has 3 rings (SSSR count). The van der Waals surface area contributed by atoms with E-state index in [0.29, 0.717) is 30.3 Å². The zero-order chi connectivity index (χ0) is 18.4. The molecule has 0 aromatic heterocycles. The molecule has 1 atom stereocenters. The molecule has 5 nitrogen and oxygen atoms in total. The van der Waals surface area contributed by atoms with Gasteiger partial charge in [0.05, 0.1) is 25.3 Å². The monoisotopic (exact) mass is 372 g/mol. The minimum atomic E-state index is -0.0356. The summed E-state index contributed by atoms with van der Waals surface area (Å²) in [5.41, 5.74) is 1.65. The third-order valence-electron chi connectivity index (χ3n) is 4.29. The Hall–Kier alpha value is -2.26. The fourth-order valence-corrected chi connectivity index (χ4v) is 3.13. The Morgan fingerprint density at radius 3 is 2.88 bits per heavy atom. The number of nitriles is 1. The Bertz CT molecular complexity index is 791. The second kappa shape index (κ2) is 8.91. The minimum Gasteiger partial charge on any atom is -0.493 e. The van der Waals surface area contributed by atoms with Crippen molar-refractivity contribution in [1.82, 2.24) is 4.90 Å². The number of hydrogen-bond donors (Lipinski definition) is 0. The van der Waals surface area contributed by atoms with Crippen LogP contribution in [0.15, 0.2) is 42.5 Å². The molecule has 1 heterocycles. The summed E-state index contributed by atoms with van der Waals surface area (Å²) in [6, 6.07) is 15.1. The van der Waals surface area contributed by atoms with Crippen LogP contribution in [-0.4, -0.2) is 44.4 Å². The second-order valence-electron chi connectivity index (χ2n) is 6.11. The zero-order valence-electron chi connectivity index (χ0n) is 14.7. The molecule has 0 spiro atoms. The van der Waals surface area contributed by atoms with Crippen LogP contribution in [0.25, 0.3) is 0 Å². The van der Waals surface area contributed by atoms with Crippen LogP contribution in [-0.2, 0) is 11.3 Å². The predicted molar refractivity (Wildman–Crippen MR) is 99.7 cm³/mol. The van der Waals surface area contributed by atoms with Gasteiger partial charge in [-0.3, -0.25) is 4.90 Å². The maximum Gasteiger partial charge on any atom is 0.162 e. The van der Waals surface area contributed by atoms with Crippen molar-refractivity contribution >= 4 is 11.6 Å². The lowest BCUT2D eigenvalue weighted by Crippen LogP contribution is -2.44. The summed E-state index contributed by atoms with van der Waals surface area (Å²) in [6.45, 7) is 3.50. The minimum absolute atomic E-state index is 0.0356. The van der Waals surface area contributed by atoms with Gasteiger partial charge in [-0.2, -0.15) is 5.26 Å². The van der Waals surface area contributed by atoms with Crippen molar-refractivity contribution in [2.75, 3.05) is 33.4 Å². The van der Waals surface area contributed by atoms with E-state index >= 15 is 0 Å². The van der Waals surface area contributed by atoms with Crippen LogP contribution in [0.3, 0.4) is 0 Å². The third-order valence-corrected chi connectivity index (χ3v) is 4.66. The summed E-state index contributed by atoms with van der Waals surface area (Å²) in [5, 5.41) is 9.76. The highest BCUT2D eigenvalue weighted by Crippen LogP contribution is 2.28. The zero-order valence-corrected chi connectivity index (χ0v) is 15.4. The molecule has 2 aromatic rings. The predicted octanol–water partition coefficient (Wildman–Crippen LogP) is 3.50. The summed E-state index contributed by atoms with van der Waals surface area (Å²) < 4.78 is 17.0. The van der Waals surface area contributed by atoms with E-state index in [2.05, 4.69) is 11.0 Å². The number of rotatable bonds is 6. The lowest BCUT2D eigenvalue weighted by Gasteiger charge is -2.33. The van der Waals surface area contributed by atoms with E-state index in [-0.39, 0.29) is 6.10 Å². The van der Waals surface area contributed by atoms with Gasteiger partial charge < -0.3 is 14.2 Å². The van der Waals surface area contributed by atoms with Crippen LogP contribution in [0, 0.1) is 11.3 Å². The molecule has 0 saturated carbocycles. The molecule has 26 heavy (non-hydrogen) atoms. The van der Waals surface area contributed by atoms with Crippen molar-refractivity contribution in [1.29, 1.82) is 5.26 Å². The Kier molecular flexibility index (Phi) is 6.35. The summed E-state index contributed by atoms with van der Waals surface area (Å²) >= 11 is 6.26. The standard InChI is InChI=1S/C20H21ClN2O3/c1-24-20-10-15(11-22)6-7-19(20)26-14-17-13-23(8-9-25-17)12-16-4-2-3-5-18(16)21/h2-7,10,17H,8-9,12-14H2,1H3/t17-/m0/s1. The molecule has 1 fully saturated rings.